The average Bonchev–Trinajstić information content (AvgIpc) is 2.76. The van der Waals surface area contributed by atoms with E-state index in [1.54, 1.807) is 17.9 Å². The van der Waals surface area contributed by atoms with Gasteiger partial charge in [-0.3, -0.25) is 4.79 Å². The number of benzene rings is 1. The normalized spacial score (nSPS) is 19.6. The fraction of sp³-hybridized carbons (Fsp3) is 0.400. The van der Waals surface area contributed by atoms with Crippen molar-refractivity contribution in [1.29, 1.82) is 0 Å². The summed E-state index contributed by atoms with van der Waals surface area (Å²) < 4.78 is 14.7. The smallest absolute Gasteiger partial charge is 0.264 e. The van der Waals surface area contributed by atoms with Gasteiger partial charge >= 0.3 is 0 Å². The van der Waals surface area contributed by atoms with Crippen LogP contribution in [-0.2, 0) is 0 Å². The minimum absolute atomic E-state index is 0.0955. The number of aryl methyl sites for hydroxylation is 1. The molecule has 1 amide bonds. The number of piperidine rings is 1. The van der Waals surface area contributed by atoms with Gasteiger partial charge in [0.2, 0.25) is 0 Å². The van der Waals surface area contributed by atoms with Crippen molar-refractivity contribution in [1.82, 2.24) is 4.90 Å². The van der Waals surface area contributed by atoms with Crippen molar-refractivity contribution in [3.63, 3.8) is 0 Å². The van der Waals surface area contributed by atoms with Crippen LogP contribution in [0, 0.1) is 12.7 Å². The maximum absolute atomic E-state index is 13.9. The van der Waals surface area contributed by atoms with Crippen molar-refractivity contribution in [2.75, 3.05) is 13.1 Å². The summed E-state index contributed by atoms with van der Waals surface area (Å²) in [5, 5.41) is 10.2. The maximum Gasteiger partial charge on any atom is 0.264 e. The first-order valence-corrected chi connectivity index (χ1v) is 7.54. The van der Waals surface area contributed by atoms with E-state index in [0.29, 0.717) is 28.9 Å². The molecule has 0 aliphatic carbocycles. The fourth-order valence-corrected chi connectivity index (χ4v) is 3.93. The van der Waals surface area contributed by atoms with Gasteiger partial charge in [0, 0.05) is 23.2 Å². The molecule has 0 unspecified atom stereocenters. The first kappa shape index (κ1) is 13.5. The van der Waals surface area contributed by atoms with Gasteiger partial charge in [-0.25, -0.2) is 4.39 Å². The standard InChI is InChI=1S/C15H16FNO2S/c1-9-13-11(16)5-2-6-12(13)20-14(9)15(19)17-7-3-4-10(18)8-17/h2,5-6,10,18H,3-4,7-8H2,1H3/t10-/m0/s1. The number of aliphatic hydroxyl groups excluding tert-OH is 1. The molecule has 1 fully saturated rings. The third kappa shape index (κ3) is 2.21. The zero-order valence-electron chi connectivity index (χ0n) is 11.2. The number of aliphatic hydroxyl groups is 1. The minimum Gasteiger partial charge on any atom is -0.391 e. The van der Waals surface area contributed by atoms with Gasteiger partial charge in [0.25, 0.3) is 5.91 Å². The molecule has 1 aromatic heterocycles. The number of halogens is 1. The van der Waals surface area contributed by atoms with Crippen LogP contribution < -0.4 is 0 Å². The molecule has 0 bridgehead atoms. The lowest BCUT2D eigenvalue weighted by atomic mass is 10.1. The van der Waals surface area contributed by atoms with Crippen molar-refractivity contribution in [2.24, 2.45) is 0 Å². The van der Waals surface area contributed by atoms with Crippen LogP contribution in [-0.4, -0.2) is 35.1 Å². The Balaban J connectivity index is 1.99. The summed E-state index contributed by atoms with van der Waals surface area (Å²) in [4.78, 5) is 14.8. The number of amides is 1. The summed E-state index contributed by atoms with van der Waals surface area (Å²) in [7, 11) is 0. The molecule has 0 saturated carbocycles. The molecular formula is C15H16FNO2S. The van der Waals surface area contributed by atoms with Crippen molar-refractivity contribution in [2.45, 2.75) is 25.9 Å². The summed E-state index contributed by atoms with van der Waals surface area (Å²) in [5.41, 5.74) is 0.702. The van der Waals surface area contributed by atoms with Gasteiger partial charge in [-0.1, -0.05) is 6.07 Å². The van der Waals surface area contributed by atoms with Gasteiger partial charge in [0.15, 0.2) is 0 Å². The fourth-order valence-electron chi connectivity index (χ4n) is 2.74. The van der Waals surface area contributed by atoms with E-state index in [1.807, 2.05) is 6.07 Å². The predicted octanol–water partition coefficient (Wildman–Crippen LogP) is 2.95. The molecule has 1 N–H and O–H groups in total. The third-order valence-electron chi connectivity index (χ3n) is 3.78. The highest BCUT2D eigenvalue weighted by Crippen LogP contribution is 2.33. The van der Waals surface area contributed by atoms with E-state index in [9.17, 15) is 14.3 Å². The highest BCUT2D eigenvalue weighted by molar-refractivity contribution is 7.21. The highest BCUT2D eigenvalue weighted by atomic mass is 32.1. The van der Waals surface area contributed by atoms with Crippen LogP contribution in [0.3, 0.4) is 0 Å². The van der Waals surface area contributed by atoms with Crippen molar-refractivity contribution < 1.29 is 14.3 Å². The van der Waals surface area contributed by atoms with Gasteiger partial charge in [-0.2, -0.15) is 0 Å². The Hall–Kier alpha value is -1.46. The number of fused-ring (bicyclic) bond motifs is 1. The Labute approximate surface area is 120 Å². The van der Waals surface area contributed by atoms with Gasteiger partial charge < -0.3 is 10.0 Å². The Morgan fingerprint density at radius 3 is 3.00 bits per heavy atom. The second-order valence-electron chi connectivity index (χ2n) is 5.22. The van der Waals surface area contributed by atoms with Crippen LogP contribution in [0.1, 0.15) is 28.1 Å². The topological polar surface area (TPSA) is 40.5 Å². The Bertz CT molecular complexity index is 667. The van der Waals surface area contributed by atoms with Gasteiger partial charge in [-0.15, -0.1) is 11.3 Å². The van der Waals surface area contributed by atoms with E-state index in [4.69, 9.17) is 0 Å². The second-order valence-corrected chi connectivity index (χ2v) is 6.27. The monoisotopic (exact) mass is 293 g/mol. The molecular weight excluding hydrogens is 277 g/mol. The number of hydrogen-bond acceptors (Lipinski definition) is 3. The Morgan fingerprint density at radius 2 is 2.30 bits per heavy atom. The molecule has 1 atom stereocenters. The Kier molecular flexibility index (Phi) is 3.48. The molecule has 3 rings (SSSR count). The summed E-state index contributed by atoms with van der Waals surface area (Å²) in [6.07, 6.45) is 1.11. The molecule has 0 spiro atoms. The molecule has 2 heterocycles. The van der Waals surface area contributed by atoms with Crippen molar-refractivity contribution in [3.05, 3.63) is 34.5 Å². The summed E-state index contributed by atoms with van der Waals surface area (Å²) in [6, 6.07) is 4.91. The van der Waals surface area contributed by atoms with E-state index in [1.165, 1.54) is 17.4 Å². The highest BCUT2D eigenvalue weighted by Gasteiger charge is 2.26. The van der Waals surface area contributed by atoms with Gasteiger partial charge in [0.1, 0.15) is 5.82 Å². The molecule has 2 aromatic rings. The number of carbonyl (C=O) groups is 1. The largest absolute Gasteiger partial charge is 0.391 e. The summed E-state index contributed by atoms with van der Waals surface area (Å²) in [5.74, 6) is -0.379. The SMILES string of the molecule is Cc1c(C(=O)N2CCC[C@H](O)C2)sc2cccc(F)c12. The van der Waals surface area contributed by atoms with Crippen LogP contribution in [0.25, 0.3) is 10.1 Å². The van der Waals surface area contributed by atoms with Crippen LogP contribution in [0.2, 0.25) is 0 Å². The Morgan fingerprint density at radius 1 is 1.50 bits per heavy atom. The van der Waals surface area contributed by atoms with Crippen LogP contribution in [0.4, 0.5) is 4.39 Å². The molecule has 106 valence electrons. The van der Waals surface area contributed by atoms with Crippen LogP contribution >= 0.6 is 11.3 Å². The lowest BCUT2D eigenvalue weighted by Crippen LogP contribution is -2.42. The molecule has 1 aliphatic rings. The van der Waals surface area contributed by atoms with Crippen molar-refractivity contribution >= 4 is 27.3 Å². The van der Waals surface area contributed by atoms with Crippen molar-refractivity contribution in [3.8, 4) is 0 Å². The minimum atomic E-state index is -0.445. The second kappa shape index (κ2) is 5.14. The lowest BCUT2D eigenvalue weighted by molar-refractivity contribution is 0.0477. The lowest BCUT2D eigenvalue weighted by Gasteiger charge is -2.29. The number of thiophene rings is 1. The van der Waals surface area contributed by atoms with E-state index < -0.39 is 6.10 Å². The van der Waals surface area contributed by atoms with E-state index >= 15 is 0 Å². The zero-order valence-corrected chi connectivity index (χ0v) is 12.0. The number of β-amino-alcohol motifs (C(OH)–C–C–N with tert-alkyl or cyclic N) is 1. The van der Waals surface area contributed by atoms with Gasteiger partial charge in [-0.05, 0) is 37.5 Å². The van der Waals surface area contributed by atoms with E-state index in [-0.39, 0.29) is 11.7 Å². The molecule has 5 heteroatoms. The number of nitrogens with zero attached hydrogens (tertiary/aromatic N) is 1. The first-order valence-electron chi connectivity index (χ1n) is 6.73. The predicted molar refractivity (Wildman–Crippen MR) is 77.7 cm³/mol. The zero-order chi connectivity index (χ0) is 14.3. The molecule has 0 radical (unpaired) electrons. The van der Waals surface area contributed by atoms with E-state index in [2.05, 4.69) is 0 Å². The number of rotatable bonds is 1. The third-order valence-corrected chi connectivity index (χ3v) is 5.03. The quantitative estimate of drug-likeness (QED) is 0.878. The number of hydrogen-bond donors (Lipinski definition) is 1. The van der Waals surface area contributed by atoms with E-state index in [0.717, 1.165) is 17.5 Å². The van der Waals surface area contributed by atoms with Crippen LogP contribution in [0.5, 0.6) is 0 Å². The first-order chi connectivity index (χ1) is 9.58. The molecule has 1 aromatic carbocycles. The average molecular weight is 293 g/mol. The van der Waals surface area contributed by atoms with Gasteiger partial charge in [0.05, 0.1) is 11.0 Å². The molecule has 20 heavy (non-hydrogen) atoms. The molecule has 1 aliphatic heterocycles. The van der Waals surface area contributed by atoms with Crippen LogP contribution in [0.15, 0.2) is 18.2 Å². The number of likely N-dealkylation sites (tertiary alicyclic amines) is 1. The molecule has 3 nitrogen and oxygen atoms in total. The number of carbonyl (C=O) groups excluding carboxylic acids is 1. The summed E-state index contributed by atoms with van der Waals surface area (Å²) >= 11 is 1.33. The molecule has 1 saturated heterocycles. The summed E-state index contributed by atoms with van der Waals surface area (Å²) in [6.45, 7) is 2.82. The maximum atomic E-state index is 13.9.